The lowest BCUT2D eigenvalue weighted by Crippen LogP contribution is -2.41. The number of piperidine rings is 1. The second kappa shape index (κ2) is 12.9. The van der Waals surface area contributed by atoms with E-state index in [4.69, 9.17) is 10.5 Å². The average molecular weight is 411 g/mol. The van der Waals surface area contributed by atoms with Crippen molar-refractivity contribution in [2.75, 3.05) is 26.2 Å². The number of rotatable bonds is 10. The maximum absolute atomic E-state index is 12.4. The first kappa shape index (κ1) is 24.6. The number of nitrogens with zero attached hydrogens (tertiary/aromatic N) is 1. The van der Waals surface area contributed by atoms with Crippen molar-refractivity contribution in [1.29, 1.82) is 0 Å². The Morgan fingerprint density at radius 2 is 1.79 bits per heavy atom. The molecule has 1 aromatic carbocycles. The van der Waals surface area contributed by atoms with Crippen molar-refractivity contribution < 1.29 is 14.3 Å². The van der Waals surface area contributed by atoms with Gasteiger partial charge in [-0.25, -0.2) is 0 Å². The Morgan fingerprint density at radius 3 is 2.36 bits per heavy atom. The van der Waals surface area contributed by atoms with E-state index in [0.29, 0.717) is 37.7 Å². The smallest absolute Gasteiger partial charge is 0.223 e. The van der Waals surface area contributed by atoms with E-state index in [1.54, 1.807) is 0 Å². The topological polar surface area (TPSA) is 72.6 Å². The molecule has 28 heavy (non-hydrogen) atoms. The van der Waals surface area contributed by atoms with Crippen LogP contribution in [-0.2, 0) is 16.0 Å². The number of carbonyl (C=O) groups is 2. The molecule has 1 fully saturated rings. The summed E-state index contributed by atoms with van der Waals surface area (Å²) in [6, 6.07) is 7.80. The molecule has 0 atom stereocenters. The molecule has 0 spiro atoms. The van der Waals surface area contributed by atoms with Gasteiger partial charge in [-0.3, -0.25) is 9.59 Å². The molecule has 2 rings (SSSR count). The molecular formula is C22H35ClN2O3. The third-order valence-corrected chi connectivity index (χ3v) is 4.98. The number of hydrogen-bond donors (Lipinski definition) is 1. The SMILES string of the molecule is CC(C)Cc1ccc(C(=O)CCC(=O)N2CCC(OCCCN)CC2)cc1.Cl. The zero-order valence-electron chi connectivity index (χ0n) is 17.2. The first-order valence-corrected chi connectivity index (χ1v) is 10.2. The highest BCUT2D eigenvalue weighted by Gasteiger charge is 2.23. The Hall–Kier alpha value is -1.43. The van der Waals surface area contributed by atoms with Crippen LogP contribution in [0.2, 0.25) is 0 Å². The van der Waals surface area contributed by atoms with Crippen LogP contribution in [0.1, 0.15) is 61.9 Å². The number of amides is 1. The number of likely N-dealkylation sites (tertiary alicyclic amines) is 1. The zero-order chi connectivity index (χ0) is 19.6. The Bertz CT molecular complexity index is 596. The zero-order valence-corrected chi connectivity index (χ0v) is 18.0. The number of nitrogens with two attached hydrogens (primary N) is 1. The molecule has 1 amide bonds. The molecule has 158 valence electrons. The summed E-state index contributed by atoms with van der Waals surface area (Å²) in [5, 5.41) is 0. The van der Waals surface area contributed by atoms with Gasteiger partial charge in [-0.2, -0.15) is 0 Å². The van der Waals surface area contributed by atoms with Gasteiger partial charge in [0.15, 0.2) is 5.78 Å². The number of ether oxygens (including phenoxy) is 1. The summed E-state index contributed by atoms with van der Waals surface area (Å²) in [5.74, 6) is 0.707. The minimum absolute atomic E-state index is 0. The monoisotopic (exact) mass is 410 g/mol. The molecular weight excluding hydrogens is 376 g/mol. The van der Waals surface area contributed by atoms with Crippen LogP contribution in [0, 0.1) is 5.92 Å². The Kier molecular flexibility index (Phi) is 11.4. The maximum Gasteiger partial charge on any atom is 0.223 e. The van der Waals surface area contributed by atoms with Crippen molar-refractivity contribution >= 4 is 24.1 Å². The van der Waals surface area contributed by atoms with Gasteiger partial charge >= 0.3 is 0 Å². The number of ketones is 1. The summed E-state index contributed by atoms with van der Waals surface area (Å²) in [4.78, 5) is 26.6. The normalized spacial score (nSPS) is 14.8. The van der Waals surface area contributed by atoms with E-state index in [1.165, 1.54) is 5.56 Å². The van der Waals surface area contributed by atoms with Crippen LogP contribution in [-0.4, -0.2) is 48.9 Å². The summed E-state index contributed by atoms with van der Waals surface area (Å²) in [5.41, 5.74) is 7.41. The third-order valence-electron chi connectivity index (χ3n) is 4.98. The molecule has 0 aliphatic carbocycles. The van der Waals surface area contributed by atoms with Gasteiger partial charge in [0, 0.05) is 38.1 Å². The van der Waals surface area contributed by atoms with Gasteiger partial charge < -0.3 is 15.4 Å². The molecule has 1 aliphatic rings. The highest BCUT2D eigenvalue weighted by Crippen LogP contribution is 2.16. The van der Waals surface area contributed by atoms with Gasteiger partial charge in [-0.05, 0) is 43.7 Å². The van der Waals surface area contributed by atoms with Crippen LogP contribution in [0.15, 0.2) is 24.3 Å². The van der Waals surface area contributed by atoms with Crippen molar-refractivity contribution in [1.82, 2.24) is 4.90 Å². The van der Waals surface area contributed by atoms with Crippen molar-refractivity contribution in [2.45, 2.75) is 58.5 Å². The third kappa shape index (κ3) is 8.29. The summed E-state index contributed by atoms with van der Waals surface area (Å²) in [6.45, 7) is 7.12. The van der Waals surface area contributed by atoms with Crippen molar-refractivity contribution in [3.05, 3.63) is 35.4 Å². The number of carbonyl (C=O) groups excluding carboxylic acids is 2. The summed E-state index contributed by atoms with van der Waals surface area (Å²) < 4.78 is 5.77. The predicted molar refractivity (Wildman–Crippen MR) is 115 cm³/mol. The quantitative estimate of drug-likeness (QED) is 0.472. The van der Waals surface area contributed by atoms with Crippen LogP contribution < -0.4 is 5.73 Å². The van der Waals surface area contributed by atoms with Crippen LogP contribution >= 0.6 is 12.4 Å². The number of halogens is 1. The fourth-order valence-corrected chi connectivity index (χ4v) is 3.43. The van der Waals surface area contributed by atoms with E-state index in [-0.39, 0.29) is 43.0 Å². The molecule has 5 nitrogen and oxygen atoms in total. The fraction of sp³-hybridized carbons (Fsp3) is 0.636. The minimum Gasteiger partial charge on any atom is -0.378 e. The highest BCUT2D eigenvalue weighted by atomic mass is 35.5. The predicted octanol–water partition coefficient (Wildman–Crippen LogP) is 3.63. The van der Waals surface area contributed by atoms with Gasteiger partial charge in [0.05, 0.1) is 6.10 Å². The van der Waals surface area contributed by atoms with E-state index >= 15 is 0 Å². The molecule has 0 unspecified atom stereocenters. The lowest BCUT2D eigenvalue weighted by molar-refractivity contribution is -0.133. The van der Waals surface area contributed by atoms with Gasteiger partial charge in [0.1, 0.15) is 0 Å². The van der Waals surface area contributed by atoms with Crippen LogP contribution in [0.3, 0.4) is 0 Å². The van der Waals surface area contributed by atoms with Crippen molar-refractivity contribution in [2.24, 2.45) is 11.7 Å². The minimum atomic E-state index is 0. The maximum atomic E-state index is 12.4. The van der Waals surface area contributed by atoms with Gasteiger partial charge in [0.2, 0.25) is 5.91 Å². The standard InChI is InChI=1S/C22H34N2O3.ClH/c1-17(2)16-18-4-6-19(7-5-18)21(25)8-9-22(26)24-13-10-20(11-14-24)27-15-3-12-23;/h4-7,17,20H,3,8-16,23H2,1-2H3;1H. The molecule has 2 N–H and O–H groups in total. The molecule has 0 radical (unpaired) electrons. The summed E-state index contributed by atoms with van der Waals surface area (Å²) in [6.07, 6.45) is 4.40. The number of hydrogen-bond acceptors (Lipinski definition) is 4. The van der Waals surface area contributed by atoms with Gasteiger partial charge in [-0.1, -0.05) is 38.1 Å². The molecule has 1 aromatic rings. The summed E-state index contributed by atoms with van der Waals surface area (Å²) >= 11 is 0. The highest BCUT2D eigenvalue weighted by molar-refractivity contribution is 5.98. The first-order valence-electron chi connectivity index (χ1n) is 10.2. The van der Waals surface area contributed by atoms with E-state index in [9.17, 15) is 9.59 Å². The molecule has 1 aliphatic heterocycles. The van der Waals surface area contributed by atoms with E-state index in [1.807, 2.05) is 29.2 Å². The van der Waals surface area contributed by atoms with E-state index in [2.05, 4.69) is 13.8 Å². The van der Waals surface area contributed by atoms with E-state index in [0.717, 1.165) is 25.7 Å². The second-order valence-electron chi connectivity index (χ2n) is 7.81. The Balaban J connectivity index is 0.00000392. The van der Waals surface area contributed by atoms with Crippen molar-refractivity contribution in [3.63, 3.8) is 0 Å². The van der Waals surface area contributed by atoms with Crippen molar-refractivity contribution in [3.8, 4) is 0 Å². The second-order valence-corrected chi connectivity index (χ2v) is 7.81. The lowest BCUT2D eigenvalue weighted by atomic mass is 9.99. The van der Waals surface area contributed by atoms with Gasteiger partial charge in [-0.15, -0.1) is 12.4 Å². The number of benzene rings is 1. The van der Waals surface area contributed by atoms with Crippen LogP contribution in [0.25, 0.3) is 0 Å². The fourth-order valence-electron chi connectivity index (χ4n) is 3.43. The Labute approximate surface area is 175 Å². The first-order chi connectivity index (χ1) is 13.0. The summed E-state index contributed by atoms with van der Waals surface area (Å²) in [7, 11) is 0. The van der Waals surface area contributed by atoms with E-state index < -0.39 is 0 Å². The molecule has 6 heteroatoms. The molecule has 0 aromatic heterocycles. The van der Waals surface area contributed by atoms with Crippen LogP contribution in [0.4, 0.5) is 0 Å². The lowest BCUT2D eigenvalue weighted by Gasteiger charge is -2.32. The molecule has 1 saturated heterocycles. The van der Waals surface area contributed by atoms with Gasteiger partial charge in [0.25, 0.3) is 0 Å². The molecule has 0 bridgehead atoms. The largest absolute Gasteiger partial charge is 0.378 e. The molecule has 0 saturated carbocycles. The number of Topliss-reactive ketones (excluding diaryl/α,β-unsaturated/α-hetero) is 1. The van der Waals surface area contributed by atoms with Crippen LogP contribution in [0.5, 0.6) is 0 Å². The average Bonchev–Trinajstić information content (AvgIpc) is 2.66. The Morgan fingerprint density at radius 1 is 1.14 bits per heavy atom. The molecule has 1 heterocycles.